The number of amidine groups is 1. The van der Waals surface area contributed by atoms with Crippen molar-refractivity contribution < 1.29 is 4.92 Å². The van der Waals surface area contributed by atoms with Gasteiger partial charge in [0.15, 0.2) is 5.71 Å². The van der Waals surface area contributed by atoms with Crippen LogP contribution in [0.4, 0.5) is 0 Å². The first-order chi connectivity index (χ1) is 7.08. The molecule has 7 heteroatoms. The van der Waals surface area contributed by atoms with Crippen molar-refractivity contribution in [3.63, 3.8) is 0 Å². The summed E-state index contributed by atoms with van der Waals surface area (Å²) in [6.07, 6.45) is 4.39. The minimum Gasteiger partial charge on any atom is -0.451 e. The third-order valence-electron chi connectivity index (χ3n) is 2.05. The smallest absolute Gasteiger partial charge is 0.429 e. The van der Waals surface area contributed by atoms with Crippen molar-refractivity contribution in [1.29, 1.82) is 0 Å². The van der Waals surface area contributed by atoms with Gasteiger partial charge in [-0.2, -0.15) is 4.67 Å². The van der Waals surface area contributed by atoms with Gasteiger partial charge in [-0.3, -0.25) is 10.1 Å². The third kappa shape index (κ3) is 1.78. The van der Waals surface area contributed by atoms with Crippen molar-refractivity contribution in [3.8, 4) is 0 Å². The lowest BCUT2D eigenvalue weighted by Crippen LogP contribution is -2.36. The van der Waals surface area contributed by atoms with Crippen LogP contribution in [0.15, 0.2) is 23.9 Å². The van der Waals surface area contributed by atoms with Crippen LogP contribution in [-0.2, 0) is 0 Å². The molecule has 1 unspecified atom stereocenters. The lowest BCUT2D eigenvalue weighted by Gasteiger charge is -2.31. The summed E-state index contributed by atoms with van der Waals surface area (Å²) in [4.78, 5) is 10.1. The van der Waals surface area contributed by atoms with Crippen LogP contribution in [0.1, 0.15) is 0 Å². The summed E-state index contributed by atoms with van der Waals surface area (Å²) in [5.41, 5.74) is 4.76. The number of nitrogens with zero attached hydrogens (tertiary/aromatic N) is 4. The average Bonchev–Trinajstić information content (AvgIpc) is 2.19. The summed E-state index contributed by atoms with van der Waals surface area (Å²) in [5, 5.41) is 12.2. The number of nitro groups is 1. The largest absolute Gasteiger partial charge is 0.451 e. The van der Waals surface area contributed by atoms with E-state index in [1.54, 1.807) is 13.1 Å². The quantitative estimate of drug-likeness (QED) is 0.282. The first-order valence-electron chi connectivity index (χ1n) is 4.18. The summed E-state index contributed by atoms with van der Waals surface area (Å²) in [6, 6.07) is -0.414. The minimum atomic E-state index is -0.456. The number of allylic oxidation sites excluding steroid dienone is 1. The van der Waals surface area contributed by atoms with Gasteiger partial charge in [-0.15, -0.1) is 0 Å². The summed E-state index contributed by atoms with van der Waals surface area (Å²) in [6.45, 7) is 0. The highest BCUT2D eigenvalue weighted by Gasteiger charge is 2.25. The number of halogens is 1. The van der Waals surface area contributed by atoms with Crippen LogP contribution in [0, 0.1) is 10.1 Å². The van der Waals surface area contributed by atoms with Gasteiger partial charge in [0.1, 0.15) is 0 Å². The number of fused-ring (bicyclic) bond motifs is 1. The van der Waals surface area contributed by atoms with Gasteiger partial charge in [0, 0.05) is 29.8 Å². The molecule has 0 radical (unpaired) electrons. The molecule has 1 atom stereocenters. The zero-order valence-corrected chi connectivity index (χ0v) is 8.55. The average molecular weight is 227 g/mol. The van der Waals surface area contributed by atoms with Gasteiger partial charge in [0.25, 0.3) is 5.70 Å². The van der Waals surface area contributed by atoms with Crippen molar-refractivity contribution in [2.75, 3.05) is 7.05 Å². The minimum absolute atomic E-state index is 0.0223. The molecule has 6 nitrogen and oxygen atoms in total. The van der Waals surface area contributed by atoms with Gasteiger partial charge in [-0.1, -0.05) is 0 Å². The summed E-state index contributed by atoms with van der Waals surface area (Å²) < 4.78 is 4.06. The molecule has 0 aromatic heterocycles. The second kappa shape index (κ2) is 3.51. The normalized spacial score (nSPS) is 24.0. The lowest BCUT2D eigenvalue weighted by atomic mass is 10.1. The van der Waals surface area contributed by atoms with Crippen LogP contribution in [0.25, 0.3) is 5.43 Å². The predicted molar refractivity (Wildman–Crippen MR) is 57.1 cm³/mol. The van der Waals surface area contributed by atoms with Crippen molar-refractivity contribution in [1.82, 2.24) is 9.68 Å². The van der Waals surface area contributed by atoms with E-state index in [1.165, 1.54) is 17.2 Å². The highest BCUT2D eigenvalue weighted by molar-refractivity contribution is 6.64. The van der Waals surface area contributed by atoms with E-state index in [2.05, 4.69) is 10.1 Å². The maximum atomic E-state index is 10.5. The van der Waals surface area contributed by atoms with Crippen molar-refractivity contribution in [2.24, 2.45) is 0 Å². The van der Waals surface area contributed by atoms with Crippen molar-refractivity contribution >= 4 is 22.6 Å². The molecular weight excluding hydrogens is 220 g/mol. The van der Waals surface area contributed by atoms with Crippen molar-refractivity contribution in [2.45, 2.75) is 6.04 Å². The molecule has 0 aromatic carbocycles. The zero-order valence-electron chi connectivity index (χ0n) is 7.79. The fourth-order valence-electron chi connectivity index (χ4n) is 1.30. The maximum absolute atomic E-state index is 10.5. The van der Waals surface area contributed by atoms with Gasteiger partial charge in [0.05, 0.1) is 12.0 Å². The standard InChI is InChI=1S/C8H7ClN4O2/c1-12-8(9)10-6-3-2-5(13(14)15)4-7(6)11-12/h2-4,7H,1H3. The van der Waals surface area contributed by atoms with Gasteiger partial charge < -0.3 is 10.4 Å². The van der Waals surface area contributed by atoms with Crippen LogP contribution in [0.3, 0.4) is 0 Å². The monoisotopic (exact) mass is 226 g/mol. The van der Waals surface area contributed by atoms with E-state index < -0.39 is 11.0 Å². The van der Waals surface area contributed by atoms with E-state index in [0.29, 0.717) is 5.71 Å². The summed E-state index contributed by atoms with van der Waals surface area (Å²) in [5.74, 6) is 0. The number of hydrogen-bond donors (Lipinski definition) is 0. The van der Waals surface area contributed by atoms with Crippen LogP contribution >= 0.6 is 11.6 Å². The second-order valence-corrected chi connectivity index (χ2v) is 3.41. The molecule has 0 bridgehead atoms. The number of hydrogen-bond acceptors (Lipinski definition) is 3. The Morgan fingerprint density at radius 3 is 3.07 bits per heavy atom. The highest BCUT2D eigenvalue weighted by atomic mass is 35.5. The molecule has 0 saturated heterocycles. The molecule has 0 fully saturated rings. The Bertz CT molecular complexity index is 448. The van der Waals surface area contributed by atoms with E-state index in [0.717, 1.165) is 0 Å². The van der Waals surface area contributed by atoms with E-state index in [4.69, 9.17) is 11.6 Å². The number of rotatable bonds is 1. The molecule has 0 saturated carbocycles. The van der Waals surface area contributed by atoms with Crippen LogP contribution < -0.4 is 4.67 Å². The molecule has 15 heavy (non-hydrogen) atoms. The molecule has 0 amide bonds. The second-order valence-electron chi connectivity index (χ2n) is 3.07. The van der Waals surface area contributed by atoms with Gasteiger partial charge in [-0.25, -0.2) is 0 Å². The zero-order chi connectivity index (χ0) is 11.0. The fourth-order valence-corrected chi connectivity index (χ4v) is 1.44. The Hall–Kier alpha value is -1.62. The molecule has 0 N–H and O–H groups in total. The topological polar surface area (TPSA) is 74.6 Å². The molecule has 78 valence electrons. The first kappa shape index (κ1) is 9.92. The van der Waals surface area contributed by atoms with E-state index >= 15 is 0 Å². The molecule has 0 spiro atoms. The molecular formula is C8H7ClN4O2. The summed E-state index contributed by atoms with van der Waals surface area (Å²) >= 11 is 5.76. The molecule has 2 aliphatic rings. The Kier molecular flexibility index (Phi) is 2.32. The summed E-state index contributed by atoms with van der Waals surface area (Å²) in [7, 11) is 1.64. The Balaban J connectivity index is 2.40. The van der Waals surface area contributed by atoms with Gasteiger partial charge in [-0.05, 0) is 6.08 Å². The maximum Gasteiger partial charge on any atom is 0.429 e. The molecule has 1 aliphatic carbocycles. The van der Waals surface area contributed by atoms with Crippen LogP contribution in [0.5, 0.6) is 0 Å². The molecule has 0 aromatic rings. The first-order valence-corrected chi connectivity index (χ1v) is 4.55. The molecule has 2 rings (SSSR count). The van der Waals surface area contributed by atoms with E-state index in [-0.39, 0.29) is 11.0 Å². The Morgan fingerprint density at radius 2 is 2.40 bits per heavy atom. The molecule has 1 aliphatic heterocycles. The predicted octanol–water partition coefficient (Wildman–Crippen LogP) is 0.422. The molecule has 1 heterocycles. The van der Waals surface area contributed by atoms with Crippen LogP contribution in [-0.4, -0.2) is 34.0 Å². The van der Waals surface area contributed by atoms with Crippen LogP contribution in [0.2, 0.25) is 0 Å². The third-order valence-corrected chi connectivity index (χ3v) is 2.38. The Labute approximate surface area is 90.4 Å². The van der Waals surface area contributed by atoms with Gasteiger partial charge in [0.2, 0.25) is 0 Å². The lowest BCUT2D eigenvalue weighted by molar-refractivity contribution is -0.419. The van der Waals surface area contributed by atoms with Crippen molar-refractivity contribution in [3.05, 3.63) is 39.5 Å². The van der Waals surface area contributed by atoms with Gasteiger partial charge >= 0.3 is 5.29 Å². The SMILES string of the molecule is CN1[N-]C2C=C([N+](=O)[O-])C=CC2=[N+]=C1Cl. The highest BCUT2D eigenvalue weighted by Crippen LogP contribution is 2.18. The fraction of sp³-hybridized carbons (Fsp3) is 0.250. The van der Waals surface area contributed by atoms with E-state index in [1.807, 2.05) is 0 Å². The van der Waals surface area contributed by atoms with E-state index in [9.17, 15) is 10.1 Å². The Morgan fingerprint density at radius 1 is 1.67 bits per heavy atom.